The molecule has 1 aliphatic rings. The lowest BCUT2D eigenvalue weighted by Gasteiger charge is -2.30. The van der Waals surface area contributed by atoms with Gasteiger partial charge in [0.25, 0.3) is 0 Å². The van der Waals surface area contributed by atoms with E-state index < -0.39 is 10.0 Å². The number of rotatable bonds is 6. The van der Waals surface area contributed by atoms with Crippen molar-refractivity contribution >= 4 is 20.8 Å². The Morgan fingerprint density at radius 2 is 1.61 bits per heavy atom. The van der Waals surface area contributed by atoms with Crippen LogP contribution in [0.4, 0.5) is 0 Å². The first-order valence-corrected chi connectivity index (χ1v) is 11.1. The molecule has 1 aliphatic carbocycles. The van der Waals surface area contributed by atoms with E-state index in [0.717, 1.165) is 42.2 Å². The van der Waals surface area contributed by atoms with Gasteiger partial charge in [0.05, 0.1) is 12.0 Å². The molecule has 3 aromatic carbocycles. The van der Waals surface area contributed by atoms with Crippen LogP contribution >= 0.6 is 0 Å². The fourth-order valence-corrected chi connectivity index (χ4v) is 5.38. The van der Waals surface area contributed by atoms with Crippen LogP contribution in [0, 0.1) is 0 Å². The van der Waals surface area contributed by atoms with E-state index in [9.17, 15) is 8.42 Å². The first kappa shape index (κ1) is 19.0. The largest absolute Gasteiger partial charge is 0.497 e. The lowest BCUT2D eigenvalue weighted by molar-refractivity contribution is 0.410. The van der Waals surface area contributed by atoms with Crippen molar-refractivity contribution < 1.29 is 13.2 Å². The highest BCUT2D eigenvalue weighted by Gasteiger charge is 2.36. The summed E-state index contributed by atoms with van der Waals surface area (Å²) in [6.07, 6.45) is 4.20. The number of methoxy groups -OCH3 is 1. The molecule has 0 heterocycles. The Bertz CT molecular complexity index is 1070. The van der Waals surface area contributed by atoms with Gasteiger partial charge in [-0.2, -0.15) is 0 Å². The zero-order valence-corrected chi connectivity index (χ0v) is 16.8. The van der Waals surface area contributed by atoms with Crippen molar-refractivity contribution in [2.45, 2.75) is 36.0 Å². The summed E-state index contributed by atoms with van der Waals surface area (Å²) in [7, 11) is -1.92. The number of sulfonamides is 1. The van der Waals surface area contributed by atoms with Gasteiger partial charge in [-0.1, -0.05) is 55.3 Å². The van der Waals surface area contributed by atoms with E-state index in [1.807, 2.05) is 42.5 Å². The Hall–Kier alpha value is -2.37. The molecule has 0 aromatic heterocycles. The minimum atomic E-state index is -3.57. The van der Waals surface area contributed by atoms with E-state index in [-0.39, 0.29) is 5.41 Å². The molecule has 0 bridgehead atoms. The van der Waals surface area contributed by atoms with Gasteiger partial charge in [-0.05, 0) is 53.4 Å². The molecule has 4 rings (SSSR count). The summed E-state index contributed by atoms with van der Waals surface area (Å²) in [6, 6.07) is 21.1. The molecule has 0 aliphatic heterocycles. The van der Waals surface area contributed by atoms with Crippen molar-refractivity contribution in [1.82, 2.24) is 4.72 Å². The average molecular weight is 396 g/mol. The molecule has 0 amide bonds. The Labute approximate surface area is 166 Å². The van der Waals surface area contributed by atoms with Crippen LogP contribution in [0.25, 0.3) is 10.8 Å². The molecule has 1 saturated carbocycles. The van der Waals surface area contributed by atoms with Gasteiger partial charge in [0.2, 0.25) is 10.0 Å². The van der Waals surface area contributed by atoms with Gasteiger partial charge >= 0.3 is 0 Å². The Kier molecular flexibility index (Phi) is 5.13. The third-order valence-electron chi connectivity index (χ3n) is 5.89. The lowest BCUT2D eigenvalue weighted by atomic mass is 9.79. The molecule has 0 atom stereocenters. The summed E-state index contributed by atoms with van der Waals surface area (Å²) in [5.41, 5.74) is 1.02. The summed E-state index contributed by atoms with van der Waals surface area (Å²) >= 11 is 0. The predicted molar refractivity (Wildman–Crippen MR) is 112 cm³/mol. The molecule has 146 valence electrons. The molecule has 28 heavy (non-hydrogen) atoms. The smallest absolute Gasteiger partial charge is 0.240 e. The number of nitrogens with one attached hydrogen (secondary N) is 1. The molecule has 0 radical (unpaired) electrons. The highest BCUT2D eigenvalue weighted by Crippen LogP contribution is 2.41. The van der Waals surface area contributed by atoms with E-state index in [1.54, 1.807) is 19.2 Å². The van der Waals surface area contributed by atoms with Crippen LogP contribution in [0.3, 0.4) is 0 Å². The minimum Gasteiger partial charge on any atom is -0.497 e. The molecule has 3 aromatic rings. The molecular weight excluding hydrogens is 370 g/mol. The molecule has 1 N–H and O–H groups in total. The number of fused-ring (bicyclic) bond motifs is 1. The van der Waals surface area contributed by atoms with Crippen LogP contribution in [-0.2, 0) is 15.4 Å². The highest BCUT2D eigenvalue weighted by molar-refractivity contribution is 7.89. The first-order chi connectivity index (χ1) is 13.5. The van der Waals surface area contributed by atoms with Crippen molar-refractivity contribution in [3.05, 3.63) is 72.3 Å². The van der Waals surface area contributed by atoms with Crippen LogP contribution in [0.2, 0.25) is 0 Å². The number of hydrogen-bond donors (Lipinski definition) is 1. The monoisotopic (exact) mass is 395 g/mol. The van der Waals surface area contributed by atoms with Crippen molar-refractivity contribution in [3.63, 3.8) is 0 Å². The summed E-state index contributed by atoms with van der Waals surface area (Å²) in [5, 5.41) is 1.96. The number of ether oxygens (including phenoxy) is 1. The summed E-state index contributed by atoms with van der Waals surface area (Å²) < 4.78 is 34.1. The third kappa shape index (κ3) is 3.64. The second-order valence-corrected chi connectivity index (χ2v) is 9.32. The maximum absolute atomic E-state index is 13.0. The van der Waals surface area contributed by atoms with Gasteiger partial charge in [0, 0.05) is 12.0 Å². The van der Waals surface area contributed by atoms with Gasteiger partial charge in [-0.15, -0.1) is 0 Å². The molecule has 0 unspecified atom stereocenters. The normalized spacial score (nSPS) is 16.3. The fraction of sp³-hybridized carbons (Fsp3) is 0.304. The van der Waals surface area contributed by atoms with Gasteiger partial charge in [-0.25, -0.2) is 13.1 Å². The zero-order valence-electron chi connectivity index (χ0n) is 16.0. The van der Waals surface area contributed by atoms with Gasteiger partial charge in [0.1, 0.15) is 5.75 Å². The van der Waals surface area contributed by atoms with Crippen molar-refractivity contribution in [2.24, 2.45) is 0 Å². The number of hydrogen-bond acceptors (Lipinski definition) is 3. The van der Waals surface area contributed by atoms with Gasteiger partial charge in [0.15, 0.2) is 0 Å². The molecule has 1 fully saturated rings. The Morgan fingerprint density at radius 3 is 2.29 bits per heavy atom. The first-order valence-electron chi connectivity index (χ1n) is 9.65. The van der Waals surface area contributed by atoms with Crippen LogP contribution in [-0.4, -0.2) is 22.1 Å². The van der Waals surface area contributed by atoms with Crippen molar-refractivity contribution in [1.29, 1.82) is 0 Å². The average Bonchev–Trinajstić information content (AvgIpc) is 3.22. The topological polar surface area (TPSA) is 55.4 Å². The minimum absolute atomic E-state index is 0.157. The standard InChI is InChI=1S/C23H25NO3S/c1-27-21-11-9-20(10-12-21)23(14-4-5-15-23)17-24-28(25,26)22-13-8-18-6-2-3-7-19(18)16-22/h2-3,6-13,16,24H,4-5,14-15,17H2,1H3. The van der Waals surface area contributed by atoms with E-state index in [1.165, 1.54) is 5.56 Å². The Balaban J connectivity index is 1.59. The molecular formula is C23H25NO3S. The summed E-state index contributed by atoms with van der Waals surface area (Å²) in [5.74, 6) is 0.814. The van der Waals surface area contributed by atoms with Crippen LogP contribution in [0.1, 0.15) is 31.2 Å². The van der Waals surface area contributed by atoms with Crippen molar-refractivity contribution in [2.75, 3.05) is 13.7 Å². The maximum atomic E-state index is 13.0. The lowest BCUT2D eigenvalue weighted by Crippen LogP contribution is -2.39. The maximum Gasteiger partial charge on any atom is 0.240 e. The summed E-state index contributed by atoms with van der Waals surface area (Å²) in [4.78, 5) is 0.314. The van der Waals surface area contributed by atoms with Crippen molar-refractivity contribution in [3.8, 4) is 5.75 Å². The zero-order chi connectivity index (χ0) is 19.6. The highest BCUT2D eigenvalue weighted by atomic mass is 32.2. The number of benzene rings is 3. The fourth-order valence-electron chi connectivity index (χ4n) is 4.21. The third-order valence-corrected chi connectivity index (χ3v) is 7.29. The molecule has 4 nitrogen and oxygen atoms in total. The van der Waals surface area contributed by atoms with Gasteiger partial charge < -0.3 is 4.74 Å². The second-order valence-electron chi connectivity index (χ2n) is 7.55. The van der Waals surface area contributed by atoms with E-state index >= 15 is 0 Å². The second kappa shape index (κ2) is 7.57. The molecule has 0 spiro atoms. The predicted octanol–water partition coefficient (Wildman–Crippen LogP) is 4.64. The van der Waals surface area contributed by atoms with E-state index in [0.29, 0.717) is 11.4 Å². The van der Waals surface area contributed by atoms with Crippen LogP contribution < -0.4 is 9.46 Å². The van der Waals surface area contributed by atoms with Gasteiger partial charge in [-0.3, -0.25) is 0 Å². The SMILES string of the molecule is COc1ccc(C2(CNS(=O)(=O)c3ccc4ccccc4c3)CCCC2)cc1. The molecule has 5 heteroatoms. The Morgan fingerprint density at radius 1 is 0.929 bits per heavy atom. The summed E-state index contributed by atoms with van der Waals surface area (Å²) in [6.45, 7) is 0.411. The quantitative estimate of drug-likeness (QED) is 0.662. The van der Waals surface area contributed by atoms with Crippen LogP contribution in [0.5, 0.6) is 5.75 Å². The molecule has 0 saturated heterocycles. The van der Waals surface area contributed by atoms with E-state index in [4.69, 9.17) is 4.74 Å². The van der Waals surface area contributed by atoms with E-state index in [2.05, 4.69) is 16.9 Å². The van der Waals surface area contributed by atoms with Crippen LogP contribution in [0.15, 0.2) is 71.6 Å².